The van der Waals surface area contributed by atoms with Crippen LogP contribution in [0.3, 0.4) is 0 Å². The number of hydrogen-bond acceptors (Lipinski definition) is 7. The number of nitriles is 1. The summed E-state index contributed by atoms with van der Waals surface area (Å²) in [5.74, 6) is -3.44. The molecular weight excluding hydrogens is 490 g/mol. The standard InChI is InChI=1S/C27H23N5O6/c1-3-24(35)31-22-12-23(34)20(11-18(22)16-5-7-17(8-6-16)30-14(2)33)25(29)26(36)32-21-9-4-15(13-28)10-19(21)27(37)38/h4-12,29,34H,3H2,1-2H3,(H,30,33)(H,31,35)(H,32,36)(H,37,38). The van der Waals surface area contributed by atoms with E-state index in [4.69, 9.17) is 10.7 Å². The lowest BCUT2D eigenvalue weighted by atomic mass is 9.97. The van der Waals surface area contributed by atoms with Gasteiger partial charge in [0.2, 0.25) is 11.8 Å². The molecule has 0 unspecified atom stereocenters. The first-order valence-electron chi connectivity index (χ1n) is 11.3. The molecule has 0 bridgehead atoms. The summed E-state index contributed by atoms with van der Waals surface area (Å²) in [7, 11) is 0. The van der Waals surface area contributed by atoms with Gasteiger partial charge in [0.05, 0.1) is 28.6 Å². The Balaban J connectivity index is 2.02. The first kappa shape index (κ1) is 27.1. The molecular formula is C27H23N5O6. The van der Waals surface area contributed by atoms with Crippen molar-refractivity contribution >= 4 is 46.5 Å². The lowest BCUT2D eigenvalue weighted by Gasteiger charge is -2.16. The van der Waals surface area contributed by atoms with E-state index in [1.54, 1.807) is 31.2 Å². The largest absolute Gasteiger partial charge is 0.507 e. The fourth-order valence-electron chi connectivity index (χ4n) is 3.51. The number of rotatable bonds is 8. The highest BCUT2D eigenvalue weighted by atomic mass is 16.4. The lowest BCUT2D eigenvalue weighted by Crippen LogP contribution is -2.24. The maximum atomic E-state index is 12.9. The molecule has 3 aromatic rings. The summed E-state index contributed by atoms with van der Waals surface area (Å²) < 4.78 is 0. The lowest BCUT2D eigenvalue weighted by molar-refractivity contribution is -0.116. The van der Waals surface area contributed by atoms with Crippen molar-refractivity contribution in [1.82, 2.24) is 0 Å². The first-order chi connectivity index (χ1) is 18.0. The molecule has 0 radical (unpaired) electrons. The molecule has 0 heterocycles. The average molecular weight is 514 g/mol. The van der Waals surface area contributed by atoms with Crippen LogP contribution in [0.2, 0.25) is 0 Å². The molecule has 11 nitrogen and oxygen atoms in total. The van der Waals surface area contributed by atoms with Gasteiger partial charge in [0, 0.05) is 36.2 Å². The molecule has 0 spiro atoms. The maximum Gasteiger partial charge on any atom is 0.337 e. The molecule has 0 aromatic heterocycles. The second kappa shape index (κ2) is 11.5. The van der Waals surface area contributed by atoms with Crippen molar-refractivity contribution in [3.63, 3.8) is 0 Å². The molecule has 0 aliphatic heterocycles. The van der Waals surface area contributed by atoms with Crippen molar-refractivity contribution in [2.45, 2.75) is 20.3 Å². The van der Waals surface area contributed by atoms with Gasteiger partial charge in [0.25, 0.3) is 5.91 Å². The zero-order valence-corrected chi connectivity index (χ0v) is 20.4. The fraction of sp³-hybridized carbons (Fsp3) is 0.111. The smallest absolute Gasteiger partial charge is 0.337 e. The minimum atomic E-state index is -1.38. The molecule has 0 saturated carbocycles. The molecule has 0 aliphatic carbocycles. The molecule has 192 valence electrons. The van der Waals surface area contributed by atoms with Crippen molar-refractivity contribution in [3.8, 4) is 22.9 Å². The Morgan fingerprint density at radius 3 is 2.18 bits per heavy atom. The van der Waals surface area contributed by atoms with Gasteiger partial charge in [-0.1, -0.05) is 19.1 Å². The van der Waals surface area contributed by atoms with E-state index < -0.39 is 23.3 Å². The van der Waals surface area contributed by atoms with E-state index in [2.05, 4.69) is 16.0 Å². The molecule has 3 amide bonds. The monoisotopic (exact) mass is 513 g/mol. The van der Waals surface area contributed by atoms with Crippen molar-refractivity contribution < 1.29 is 29.4 Å². The predicted molar refractivity (Wildman–Crippen MR) is 140 cm³/mol. The number of aromatic carboxylic acids is 1. The van der Waals surface area contributed by atoms with Gasteiger partial charge in [-0.2, -0.15) is 5.26 Å². The average Bonchev–Trinajstić information content (AvgIpc) is 2.88. The third kappa shape index (κ3) is 6.19. The van der Waals surface area contributed by atoms with Crippen LogP contribution in [0.1, 0.15) is 41.8 Å². The number of anilines is 3. The van der Waals surface area contributed by atoms with Gasteiger partial charge in [0.15, 0.2) is 0 Å². The molecule has 0 aliphatic rings. The van der Waals surface area contributed by atoms with Gasteiger partial charge in [-0.15, -0.1) is 0 Å². The third-order valence-corrected chi connectivity index (χ3v) is 5.37. The highest BCUT2D eigenvalue weighted by molar-refractivity contribution is 6.48. The van der Waals surface area contributed by atoms with Crippen LogP contribution < -0.4 is 16.0 Å². The highest BCUT2D eigenvalue weighted by Crippen LogP contribution is 2.35. The van der Waals surface area contributed by atoms with E-state index in [0.717, 1.165) is 6.07 Å². The minimum absolute atomic E-state index is 0.0759. The summed E-state index contributed by atoms with van der Waals surface area (Å²) in [6.45, 7) is 3.02. The summed E-state index contributed by atoms with van der Waals surface area (Å²) in [5.41, 5.74) is 0.458. The van der Waals surface area contributed by atoms with E-state index in [9.17, 15) is 29.4 Å². The van der Waals surface area contributed by atoms with Gasteiger partial charge < -0.3 is 26.2 Å². The van der Waals surface area contributed by atoms with Crippen LogP contribution in [0.4, 0.5) is 17.1 Å². The van der Waals surface area contributed by atoms with Gasteiger partial charge in [0.1, 0.15) is 11.5 Å². The summed E-state index contributed by atoms with van der Waals surface area (Å²) in [6, 6.07) is 14.6. The normalized spacial score (nSPS) is 10.1. The molecule has 0 saturated heterocycles. The highest BCUT2D eigenvalue weighted by Gasteiger charge is 2.22. The summed E-state index contributed by atoms with van der Waals surface area (Å²) in [6.07, 6.45) is 0.165. The minimum Gasteiger partial charge on any atom is -0.507 e. The molecule has 0 fully saturated rings. The summed E-state index contributed by atoms with van der Waals surface area (Å²) in [5, 5.41) is 45.1. The Bertz CT molecular complexity index is 1510. The van der Waals surface area contributed by atoms with E-state index in [1.807, 2.05) is 6.07 Å². The van der Waals surface area contributed by atoms with E-state index in [0.29, 0.717) is 16.8 Å². The number of carbonyl (C=O) groups is 4. The predicted octanol–water partition coefficient (Wildman–Crippen LogP) is 3.94. The summed E-state index contributed by atoms with van der Waals surface area (Å²) >= 11 is 0. The van der Waals surface area contributed by atoms with E-state index in [-0.39, 0.29) is 46.3 Å². The van der Waals surface area contributed by atoms with Crippen LogP contribution in [-0.2, 0) is 14.4 Å². The van der Waals surface area contributed by atoms with Crippen LogP contribution in [0, 0.1) is 16.7 Å². The number of carboxylic acid groups (broad SMARTS) is 1. The molecule has 3 aromatic carbocycles. The van der Waals surface area contributed by atoms with Gasteiger partial charge >= 0.3 is 5.97 Å². The Morgan fingerprint density at radius 1 is 0.921 bits per heavy atom. The van der Waals surface area contributed by atoms with Crippen molar-refractivity contribution in [1.29, 1.82) is 10.7 Å². The molecule has 3 rings (SSSR count). The topological polar surface area (TPSA) is 192 Å². The Morgan fingerprint density at radius 2 is 1.61 bits per heavy atom. The van der Waals surface area contributed by atoms with Crippen LogP contribution in [0.15, 0.2) is 54.6 Å². The van der Waals surface area contributed by atoms with Crippen LogP contribution in [0.25, 0.3) is 11.1 Å². The fourth-order valence-corrected chi connectivity index (χ4v) is 3.51. The van der Waals surface area contributed by atoms with Gasteiger partial charge in [-0.25, -0.2) is 4.79 Å². The Hall–Kier alpha value is -5.50. The zero-order chi connectivity index (χ0) is 28.0. The second-order valence-corrected chi connectivity index (χ2v) is 8.08. The molecule has 0 atom stereocenters. The number of nitrogens with one attached hydrogen (secondary N) is 4. The van der Waals surface area contributed by atoms with Gasteiger partial charge in [-0.3, -0.25) is 19.8 Å². The second-order valence-electron chi connectivity index (χ2n) is 8.08. The summed E-state index contributed by atoms with van der Waals surface area (Å²) in [4.78, 5) is 47.9. The van der Waals surface area contributed by atoms with E-state index in [1.165, 1.54) is 31.2 Å². The van der Waals surface area contributed by atoms with Crippen molar-refractivity contribution in [2.75, 3.05) is 16.0 Å². The maximum absolute atomic E-state index is 12.9. The number of benzene rings is 3. The number of phenolic OH excluding ortho intramolecular Hbond substituents is 1. The molecule has 38 heavy (non-hydrogen) atoms. The van der Waals surface area contributed by atoms with Crippen molar-refractivity contribution in [2.24, 2.45) is 0 Å². The zero-order valence-electron chi connectivity index (χ0n) is 20.4. The van der Waals surface area contributed by atoms with Crippen molar-refractivity contribution in [3.05, 3.63) is 71.3 Å². The molecule has 6 N–H and O–H groups in total. The Kier molecular flexibility index (Phi) is 8.19. The van der Waals surface area contributed by atoms with Crippen LogP contribution in [-0.4, -0.2) is 39.6 Å². The first-order valence-corrected chi connectivity index (χ1v) is 11.3. The number of carboxylic acids is 1. The number of carbonyl (C=O) groups excluding carboxylic acids is 3. The quantitative estimate of drug-likeness (QED) is 0.245. The third-order valence-electron chi connectivity index (χ3n) is 5.37. The van der Waals surface area contributed by atoms with Gasteiger partial charge in [-0.05, 0) is 42.0 Å². The van der Waals surface area contributed by atoms with Crippen LogP contribution >= 0.6 is 0 Å². The Labute approximate surface area is 217 Å². The number of amides is 3. The number of phenols is 1. The van der Waals surface area contributed by atoms with Crippen LogP contribution in [0.5, 0.6) is 5.75 Å². The number of hydrogen-bond donors (Lipinski definition) is 6. The van der Waals surface area contributed by atoms with E-state index >= 15 is 0 Å². The number of nitrogens with zero attached hydrogens (tertiary/aromatic N) is 1. The molecule has 11 heteroatoms. The SMILES string of the molecule is CCC(=O)Nc1cc(O)c(C(=N)C(=O)Nc2ccc(C#N)cc2C(=O)O)cc1-c1ccc(NC(C)=O)cc1. The number of aromatic hydroxyl groups is 1.